The molecule has 0 saturated carbocycles. The Kier molecular flexibility index (Phi) is 4.23. The van der Waals surface area contributed by atoms with Crippen LogP contribution in [0, 0.1) is 11.8 Å². The second-order valence-electron chi connectivity index (χ2n) is 4.19. The van der Waals surface area contributed by atoms with Gasteiger partial charge in [-0.3, -0.25) is 4.79 Å². The van der Waals surface area contributed by atoms with Crippen LogP contribution in [0.4, 0.5) is 5.69 Å². The number of hydrogen-bond acceptors (Lipinski definition) is 2. The Morgan fingerprint density at radius 1 is 1.31 bits per heavy atom. The maximum atomic E-state index is 12.2. The highest BCUT2D eigenvalue weighted by molar-refractivity contribution is 6.02. The third kappa shape index (κ3) is 2.69. The number of nitrogens with two attached hydrogens (primary N) is 1. The molecular weight excluding hydrogens is 200 g/mol. The highest BCUT2D eigenvalue weighted by Gasteiger charge is 2.20. The molecule has 0 fully saturated rings. The summed E-state index contributed by atoms with van der Waals surface area (Å²) < 4.78 is 0. The van der Waals surface area contributed by atoms with Gasteiger partial charge in [0.05, 0.1) is 12.0 Å². The van der Waals surface area contributed by atoms with E-state index in [4.69, 9.17) is 5.73 Å². The monoisotopic (exact) mass is 218 g/mol. The van der Waals surface area contributed by atoms with Crippen LogP contribution in [0.25, 0.3) is 0 Å². The van der Waals surface area contributed by atoms with E-state index in [1.54, 1.807) is 12.1 Å². The summed E-state index contributed by atoms with van der Waals surface area (Å²) in [5, 5.41) is 0. The molecule has 1 aromatic carbocycles. The van der Waals surface area contributed by atoms with E-state index in [0.29, 0.717) is 17.2 Å². The fraction of sp³-hybridized carbons (Fsp3) is 0.385. The molecule has 16 heavy (non-hydrogen) atoms. The zero-order valence-electron chi connectivity index (χ0n) is 9.97. The SMILES string of the molecule is CC(C)C(C)C(=O)c1ccccc1N=CN. The quantitative estimate of drug-likeness (QED) is 0.480. The summed E-state index contributed by atoms with van der Waals surface area (Å²) in [5.74, 6) is 0.438. The Labute approximate surface area is 96.4 Å². The van der Waals surface area contributed by atoms with Gasteiger partial charge in [-0.15, -0.1) is 0 Å². The Hall–Kier alpha value is -1.64. The summed E-state index contributed by atoms with van der Waals surface area (Å²) in [6, 6.07) is 7.28. The molecule has 1 rings (SSSR count). The fourth-order valence-electron chi connectivity index (χ4n) is 1.42. The van der Waals surface area contributed by atoms with E-state index in [2.05, 4.69) is 4.99 Å². The first-order valence-electron chi connectivity index (χ1n) is 5.45. The molecule has 1 atom stereocenters. The summed E-state index contributed by atoms with van der Waals surface area (Å²) in [7, 11) is 0. The predicted octanol–water partition coefficient (Wildman–Crippen LogP) is 2.78. The molecule has 3 heteroatoms. The van der Waals surface area contributed by atoms with Crippen molar-refractivity contribution in [2.45, 2.75) is 20.8 Å². The van der Waals surface area contributed by atoms with Crippen molar-refractivity contribution in [1.82, 2.24) is 0 Å². The Balaban J connectivity index is 3.08. The van der Waals surface area contributed by atoms with Crippen LogP contribution in [0.15, 0.2) is 29.3 Å². The lowest BCUT2D eigenvalue weighted by atomic mass is 9.89. The average molecular weight is 218 g/mol. The second kappa shape index (κ2) is 5.45. The van der Waals surface area contributed by atoms with E-state index < -0.39 is 0 Å². The van der Waals surface area contributed by atoms with Crippen LogP contribution >= 0.6 is 0 Å². The molecule has 0 heterocycles. The minimum absolute atomic E-state index is 0.00544. The van der Waals surface area contributed by atoms with Crippen molar-refractivity contribution in [3.8, 4) is 0 Å². The maximum Gasteiger partial charge on any atom is 0.168 e. The zero-order chi connectivity index (χ0) is 12.1. The van der Waals surface area contributed by atoms with E-state index in [0.717, 1.165) is 0 Å². The van der Waals surface area contributed by atoms with Crippen LogP contribution in [0.2, 0.25) is 0 Å². The number of carbonyl (C=O) groups is 1. The van der Waals surface area contributed by atoms with Crippen LogP contribution in [0.1, 0.15) is 31.1 Å². The summed E-state index contributed by atoms with van der Waals surface area (Å²) in [4.78, 5) is 16.2. The standard InChI is InChI=1S/C13H18N2O/c1-9(2)10(3)13(16)11-6-4-5-7-12(11)15-8-14/h4-10H,1-3H3,(H2,14,15). The number of ketones is 1. The van der Waals surface area contributed by atoms with E-state index in [1.807, 2.05) is 32.9 Å². The topological polar surface area (TPSA) is 55.5 Å². The predicted molar refractivity (Wildman–Crippen MR) is 67.1 cm³/mol. The zero-order valence-corrected chi connectivity index (χ0v) is 9.97. The van der Waals surface area contributed by atoms with Gasteiger partial charge in [0.15, 0.2) is 5.78 Å². The van der Waals surface area contributed by atoms with Crippen molar-refractivity contribution < 1.29 is 4.79 Å². The van der Waals surface area contributed by atoms with Crippen molar-refractivity contribution >= 4 is 17.8 Å². The molecule has 0 aliphatic heterocycles. The maximum absolute atomic E-state index is 12.2. The van der Waals surface area contributed by atoms with Gasteiger partial charge in [-0.2, -0.15) is 0 Å². The lowest BCUT2D eigenvalue weighted by Gasteiger charge is -2.15. The molecule has 0 aromatic heterocycles. The second-order valence-corrected chi connectivity index (χ2v) is 4.19. The van der Waals surface area contributed by atoms with Crippen LogP contribution in [0.3, 0.4) is 0 Å². The van der Waals surface area contributed by atoms with Gasteiger partial charge in [-0.25, -0.2) is 4.99 Å². The molecule has 0 aliphatic rings. The highest BCUT2D eigenvalue weighted by atomic mass is 16.1. The van der Waals surface area contributed by atoms with Crippen molar-refractivity contribution in [3.05, 3.63) is 29.8 Å². The largest absolute Gasteiger partial charge is 0.390 e. The molecule has 1 unspecified atom stereocenters. The lowest BCUT2D eigenvalue weighted by molar-refractivity contribution is 0.0900. The Morgan fingerprint density at radius 2 is 1.94 bits per heavy atom. The first kappa shape index (κ1) is 12.4. The normalized spacial score (nSPS) is 13.2. The molecule has 0 radical (unpaired) electrons. The van der Waals surface area contributed by atoms with Gasteiger partial charge in [0, 0.05) is 11.5 Å². The van der Waals surface area contributed by atoms with Crippen molar-refractivity contribution in [2.24, 2.45) is 22.6 Å². The third-order valence-electron chi connectivity index (χ3n) is 2.80. The summed E-state index contributed by atoms with van der Waals surface area (Å²) >= 11 is 0. The molecule has 0 spiro atoms. The van der Waals surface area contributed by atoms with Gasteiger partial charge in [0.2, 0.25) is 0 Å². The molecular formula is C13H18N2O. The van der Waals surface area contributed by atoms with Crippen molar-refractivity contribution in [2.75, 3.05) is 0 Å². The van der Waals surface area contributed by atoms with Crippen LogP contribution in [0.5, 0.6) is 0 Å². The van der Waals surface area contributed by atoms with E-state index in [-0.39, 0.29) is 11.7 Å². The molecule has 0 bridgehead atoms. The summed E-state index contributed by atoms with van der Waals surface area (Å²) in [5.41, 5.74) is 6.55. The van der Waals surface area contributed by atoms with Gasteiger partial charge in [0.1, 0.15) is 0 Å². The number of nitrogens with zero attached hydrogens (tertiary/aromatic N) is 1. The molecule has 0 aliphatic carbocycles. The van der Waals surface area contributed by atoms with Gasteiger partial charge >= 0.3 is 0 Å². The average Bonchev–Trinajstić information content (AvgIpc) is 2.28. The van der Waals surface area contributed by atoms with E-state index >= 15 is 0 Å². The van der Waals surface area contributed by atoms with Crippen molar-refractivity contribution in [1.29, 1.82) is 0 Å². The number of benzene rings is 1. The number of aliphatic imine (C=N–C) groups is 1. The summed E-state index contributed by atoms with van der Waals surface area (Å²) in [6.45, 7) is 6.02. The molecule has 0 amide bonds. The van der Waals surface area contributed by atoms with E-state index in [9.17, 15) is 4.79 Å². The number of hydrogen-bond donors (Lipinski definition) is 1. The number of para-hydroxylation sites is 1. The van der Waals surface area contributed by atoms with Gasteiger partial charge < -0.3 is 5.73 Å². The number of rotatable bonds is 4. The van der Waals surface area contributed by atoms with Gasteiger partial charge in [-0.1, -0.05) is 32.9 Å². The summed E-state index contributed by atoms with van der Waals surface area (Å²) in [6.07, 6.45) is 1.21. The number of carbonyl (C=O) groups excluding carboxylic acids is 1. The first-order valence-corrected chi connectivity index (χ1v) is 5.45. The fourth-order valence-corrected chi connectivity index (χ4v) is 1.42. The van der Waals surface area contributed by atoms with E-state index in [1.165, 1.54) is 6.34 Å². The van der Waals surface area contributed by atoms with Gasteiger partial charge in [-0.05, 0) is 18.1 Å². The minimum Gasteiger partial charge on any atom is -0.390 e. The molecule has 2 N–H and O–H groups in total. The number of Topliss-reactive ketones (excluding diaryl/α,β-unsaturated/α-hetero) is 1. The van der Waals surface area contributed by atoms with Crippen LogP contribution < -0.4 is 5.73 Å². The highest BCUT2D eigenvalue weighted by Crippen LogP contribution is 2.24. The smallest absolute Gasteiger partial charge is 0.168 e. The molecule has 86 valence electrons. The molecule has 1 aromatic rings. The lowest BCUT2D eigenvalue weighted by Crippen LogP contribution is -2.17. The minimum atomic E-state index is -0.00544. The third-order valence-corrected chi connectivity index (χ3v) is 2.80. The first-order chi connectivity index (χ1) is 7.57. The van der Waals surface area contributed by atoms with Crippen LogP contribution in [-0.4, -0.2) is 12.1 Å². The Morgan fingerprint density at radius 3 is 2.50 bits per heavy atom. The Bertz CT molecular complexity index is 397. The van der Waals surface area contributed by atoms with Crippen LogP contribution in [-0.2, 0) is 0 Å². The van der Waals surface area contributed by atoms with Gasteiger partial charge in [0.25, 0.3) is 0 Å². The molecule has 3 nitrogen and oxygen atoms in total. The van der Waals surface area contributed by atoms with Crippen molar-refractivity contribution in [3.63, 3.8) is 0 Å². The molecule has 0 saturated heterocycles.